The van der Waals surface area contributed by atoms with Crippen LogP contribution in [0.2, 0.25) is 0 Å². The zero-order valence-electron chi connectivity index (χ0n) is 16.2. The van der Waals surface area contributed by atoms with Gasteiger partial charge in [-0.1, -0.05) is 22.4 Å². The standard InChI is InChI=1S/C13H32N2O8P2S2/c1-12(2,22-24(14,16)17)6-10-26(20)8-5-9-27(21)11-7-13(3,4)23-25(15,18)19/h5-11H2,1-4H3,(H3,14,16,17)(H3,15,18,19). The van der Waals surface area contributed by atoms with Crippen molar-refractivity contribution in [1.29, 1.82) is 0 Å². The first-order chi connectivity index (χ1) is 11.9. The van der Waals surface area contributed by atoms with Gasteiger partial charge in [0, 0.05) is 19.3 Å². The van der Waals surface area contributed by atoms with E-state index >= 15 is 0 Å². The molecule has 0 heterocycles. The van der Waals surface area contributed by atoms with Gasteiger partial charge in [0.2, 0.25) is 0 Å². The normalized spacial score (nSPS) is 19.9. The Balaban J connectivity index is 4.08. The smallest absolute Gasteiger partial charge is 0.400 e. The number of hydrogen-bond acceptors (Lipinski definition) is 6. The fraction of sp³-hybridized carbons (Fsp3) is 1.00. The Kier molecular flexibility index (Phi) is 11.6. The minimum absolute atomic E-state index is 0.267. The third kappa shape index (κ3) is 17.4. The summed E-state index contributed by atoms with van der Waals surface area (Å²) in [5, 5.41) is 0. The summed E-state index contributed by atoms with van der Waals surface area (Å²) in [6.45, 7) is 6.35. The maximum Gasteiger partial charge on any atom is 0.400 e. The minimum Gasteiger partial charge on any atom is -0.616 e. The molecule has 10 nitrogen and oxygen atoms in total. The average Bonchev–Trinajstić information content (AvgIpc) is 2.38. The van der Waals surface area contributed by atoms with E-state index in [2.05, 4.69) is 0 Å². The zero-order valence-corrected chi connectivity index (χ0v) is 19.6. The average molecular weight is 470 g/mol. The van der Waals surface area contributed by atoms with Crippen molar-refractivity contribution in [1.82, 2.24) is 0 Å². The van der Waals surface area contributed by atoms with Crippen molar-refractivity contribution in [3.05, 3.63) is 0 Å². The maximum atomic E-state index is 12.0. The molecule has 0 saturated carbocycles. The maximum absolute atomic E-state index is 12.0. The molecule has 0 fully saturated rings. The van der Waals surface area contributed by atoms with Crippen molar-refractivity contribution >= 4 is 37.8 Å². The first-order valence-corrected chi connectivity index (χ1v) is 14.5. The first kappa shape index (κ1) is 27.8. The summed E-state index contributed by atoms with van der Waals surface area (Å²) < 4.78 is 55.9. The van der Waals surface area contributed by atoms with Gasteiger partial charge in [-0.2, -0.15) is 0 Å². The second-order valence-electron chi connectivity index (χ2n) is 7.38. The Bertz CT molecular complexity index is 494. The summed E-state index contributed by atoms with van der Waals surface area (Å²) >= 11 is -2.37. The van der Waals surface area contributed by atoms with E-state index in [4.69, 9.17) is 29.8 Å². The van der Waals surface area contributed by atoms with Crippen LogP contribution < -0.4 is 11.0 Å². The van der Waals surface area contributed by atoms with E-state index < -0.39 is 49.0 Å². The monoisotopic (exact) mass is 470 g/mol. The van der Waals surface area contributed by atoms with Crippen LogP contribution in [0, 0.1) is 0 Å². The van der Waals surface area contributed by atoms with Crippen LogP contribution in [0.1, 0.15) is 47.0 Å². The van der Waals surface area contributed by atoms with E-state index in [0.717, 1.165) is 0 Å². The minimum atomic E-state index is -4.11. The van der Waals surface area contributed by atoms with E-state index in [9.17, 15) is 18.2 Å². The summed E-state index contributed by atoms with van der Waals surface area (Å²) in [4.78, 5) is 18.1. The highest BCUT2D eigenvalue weighted by Crippen LogP contribution is 2.39. The van der Waals surface area contributed by atoms with E-state index in [0.29, 0.717) is 17.9 Å². The predicted octanol–water partition coefficient (Wildman–Crippen LogP) is 1.36. The highest BCUT2D eigenvalue weighted by molar-refractivity contribution is 7.92. The second-order valence-corrected chi connectivity index (χ2v) is 13.4. The molecule has 0 amide bonds. The van der Waals surface area contributed by atoms with Crippen LogP contribution in [0.3, 0.4) is 0 Å². The molecule has 4 atom stereocenters. The van der Waals surface area contributed by atoms with E-state index in [1.165, 1.54) is 0 Å². The quantitative estimate of drug-likeness (QED) is 0.213. The first-order valence-electron chi connectivity index (χ1n) is 8.25. The molecule has 4 unspecified atom stereocenters. The topological polar surface area (TPSA) is 191 Å². The number of nitrogens with two attached hydrogens (primary N) is 2. The van der Waals surface area contributed by atoms with Gasteiger partial charge in [0.15, 0.2) is 0 Å². The molecule has 0 aromatic rings. The summed E-state index contributed by atoms with van der Waals surface area (Å²) in [5.41, 5.74) is 7.99. The van der Waals surface area contributed by atoms with Crippen molar-refractivity contribution in [2.75, 3.05) is 23.0 Å². The lowest BCUT2D eigenvalue weighted by molar-refractivity contribution is 0.0883. The Morgan fingerprint density at radius 2 is 1.11 bits per heavy atom. The number of hydrogen-bond donors (Lipinski definition) is 4. The fourth-order valence-electron chi connectivity index (χ4n) is 2.10. The molecule has 6 N–H and O–H groups in total. The van der Waals surface area contributed by atoms with Crippen molar-refractivity contribution in [2.24, 2.45) is 11.0 Å². The highest BCUT2D eigenvalue weighted by atomic mass is 32.2. The molecule has 14 heteroatoms. The van der Waals surface area contributed by atoms with Gasteiger partial charge in [0.1, 0.15) is 23.0 Å². The molecule has 27 heavy (non-hydrogen) atoms. The molecule has 0 rings (SSSR count). The molecule has 0 saturated heterocycles. The Morgan fingerprint density at radius 1 is 0.815 bits per heavy atom. The largest absolute Gasteiger partial charge is 0.616 e. The van der Waals surface area contributed by atoms with Crippen molar-refractivity contribution in [3.8, 4) is 0 Å². The van der Waals surface area contributed by atoms with Gasteiger partial charge in [-0.3, -0.25) is 9.05 Å². The molecular weight excluding hydrogens is 438 g/mol. The van der Waals surface area contributed by atoms with Gasteiger partial charge in [-0.25, -0.2) is 20.1 Å². The molecule has 0 aliphatic rings. The zero-order chi connectivity index (χ0) is 21.5. The molecule has 0 aliphatic carbocycles. The van der Waals surface area contributed by atoms with Crippen LogP contribution in [0.25, 0.3) is 0 Å². The van der Waals surface area contributed by atoms with Gasteiger partial charge in [-0.05, 0) is 27.7 Å². The Hall–Kier alpha value is 0.840. The molecule has 0 aliphatic heterocycles. The molecule has 0 spiro atoms. The summed E-state index contributed by atoms with van der Waals surface area (Å²) in [5.74, 6) is 1.22. The van der Waals surface area contributed by atoms with Crippen LogP contribution in [0.15, 0.2) is 0 Å². The predicted molar refractivity (Wildman–Crippen MR) is 108 cm³/mol. The molecule has 0 aromatic heterocycles. The van der Waals surface area contributed by atoms with Crippen LogP contribution in [-0.4, -0.2) is 53.1 Å². The lowest BCUT2D eigenvalue weighted by Gasteiger charge is -2.26. The van der Waals surface area contributed by atoms with Crippen LogP contribution in [-0.2, 0) is 40.5 Å². The molecular formula is C13H32N2O8P2S2. The Morgan fingerprint density at radius 3 is 1.37 bits per heavy atom. The lowest BCUT2D eigenvalue weighted by atomic mass is 10.1. The van der Waals surface area contributed by atoms with Gasteiger partial charge in [-0.15, -0.1) is 0 Å². The molecule has 0 radical (unpaired) electrons. The van der Waals surface area contributed by atoms with E-state index in [-0.39, 0.29) is 24.3 Å². The number of rotatable bonds is 14. The van der Waals surface area contributed by atoms with Crippen LogP contribution >= 0.6 is 15.5 Å². The lowest BCUT2D eigenvalue weighted by Crippen LogP contribution is -2.30. The van der Waals surface area contributed by atoms with Gasteiger partial charge in [0.25, 0.3) is 0 Å². The fourth-order valence-corrected chi connectivity index (χ4v) is 6.66. The van der Waals surface area contributed by atoms with Gasteiger partial charge in [0.05, 0.1) is 11.2 Å². The highest BCUT2D eigenvalue weighted by Gasteiger charge is 2.30. The van der Waals surface area contributed by atoms with Gasteiger partial charge >= 0.3 is 15.5 Å². The van der Waals surface area contributed by atoms with Crippen molar-refractivity contribution in [3.63, 3.8) is 0 Å². The Labute approximate surface area is 167 Å². The van der Waals surface area contributed by atoms with Gasteiger partial charge < -0.3 is 18.9 Å². The molecule has 0 aromatic carbocycles. The van der Waals surface area contributed by atoms with Crippen LogP contribution in [0.4, 0.5) is 0 Å². The third-order valence-corrected chi connectivity index (χ3v) is 7.68. The summed E-state index contributed by atoms with van der Waals surface area (Å²) in [6, 6.07) is 0. The van der Waals surface area contributed by atoms with E-state index in [1.54, 1.807) is 27.7 Å². The van der Waals surface area contributed by atoms with Crippen molar-refractivity contribution in [2.45, 2.75) is 58.2 Å². The van der Waals surface area contributed by atoms with E-state index in [1.807, 2.05) is 0 Å². The summed E-state index contributed by atoms with van der Waals surface area (Å²) in [7, 11) is -8.21. The second kappa shape index (κ2) is 11.3. The van der Waals surface area contributed by atoms with Crippen molar-refractivity contribution < 1.29 is 37.1 Å². The molecule has 164 valence electrons. The SMILES string of the molecule is CC(C)(CC[S+]([O-])CCC[S+]([O-])CCC(C)(C)OP(N)(=O)O)OP(N)(=O)O. The van der Waals surface area contributed by atoms with Crippen LogP contribution in [0.5, 0.6) is 0 Å². The summed E-state index contributed by atoms with van der Waals surface area (Å²) in [6.07, 6.45) is 1.05. The third-order valence-electron chi connectivity index (χ3n) is 3.36. The molecule has 0 bridgehead atoms.